The van der Waals surface area contributed by atoms with E-state index in [9.17, 15) is 10.1 Å². The second-order valence-corrected chi connectivity index (χ2v) is 4.88. The quantitative estimate of drug-likeness (QED) is 0.622. The topological polar surface area (TPSA) is 64.4 Å². The molecule has 5 nitrogen and oxygen atoms in total. The summed E-state index contributed by atoms with van der Waals surface area (Å²) in [6.45, 7) is 4.38. The van der Waals surface area contributed by atoms with Gasteiger partial charge in [-0.25, -0.2) is 0 Å². The number of rotatable bonds is 6. The van der Waals surface area contributed by atoms with Crippen LogP contribution in [0.2, 0.25) is 0 Å². The first kappa shape index (κ1) is 12.8. The fourth-order valence-electron chi connectivity index (χ4n) is 1.72. The molecule has 1 aromatic carbocycles. The standard InChI is InChI=1S/C13H18N2O3/c1-9(2)18-13-6-3-10(7-12(13)15(16)17)8-14-11-4-5-11/h3,6-7,9,11,14H,4-5,8H2,1-2H3. The van der Waals surface area contributed by atoms with E-state index in [4.69, 9.17) is 4.74 Å². The maximum absolute atomic E-state index is 11.0. The molecule has 0 saturated heterocycles. The predicted molar refractivity (Wildman–Crippen MR) is 68.7 cm³/mol. The molecule has 0 bridgehead atoms. The number of nitrogens with one attached hydrogen (secondary N) is 1. The van der Waals surface area contributed by atoms with E-state index < -0.39 is 4.92 Å². The number of hydrogen-bond acceptors (Lipinski definition) is 4. The second kappa shape index (κ2) is 5.35. The molecule has 5 heteroatoms. The van der Waals surface area contributed by atoms with Gasteiger partial charge in [0.25, 0.3) is 0 Å². The Balaban J connectivity index is 2.13. The molecule has 1 aliphatic carbocycles. The smallest absolute Gasteiger partial charge is 0.311 e. The lowest BCUT2D eigenvalue weighted by Crippen LogP contribution is -2.15. The first-order valence-corrected chi connectivity index (χ1v) is 6.23. The second-order valence-electron chi connectivity index (χ2n) is 4.88. The molecule has 1 saturated carbocycles. The summed E-state index contributed by atoms with van der Waals surface area (Å²) >= 11 is 0. The van der Waals surface area contributed by atoms with E-state index in [0.717, 1.165) is 5.56 Å². The van der Waals surface area contributed by atoms with Gasteiger partial charge in [-0.2, -0.15) is 0 Å². The zero-order valence-corrected chi connectivity index (χ0v) is 10.7. The van der Waals surface area contributed by atoms with Crippen LogP contribution in [-0.2, 0) is 6.54 Å². The average molecular weight is 250 g/mol. The van der Waals surface area contributed by atoms with Gasteiger partial charge in [-0.3, -0.25) is 10.1 Å². The van der Waals surface area contributed by atoms with Gasteiger partial charge in [0.2, 0.25) is 0 Å². The van der Waals surface area contributed by atoms with Crippen molar-refractivity contribution in [2.45, 2.75) is 45.4 Å². The van der Waals surface area contributed by atoms with E-state index >= 15 is 0 Å². The van der Waals surface area contributed by atoms with Crippen molar-refractivity contribution in [3.63, 3.8) is 0 Å². The van der Waals surface area contributed by atoms with Crippen molar-refractivity contribution in [2.75, 3.05) is 0 Å². The molecule has 0 unspecified atom stereocenters. The van der Waals surface area contributed by atoms with Gasteiger partial charge in [-0.05, 0) is 38.3 Å². The van der Waals surface area contributed by atoms with Crippen LogP contribution in [0.4, 0.5) is 5.69 Å². The molecule has 1 aliphatic rings. The highest BCUT2D eigenvalue weighted by Gasteiger charge is 2.21. The third-order valence-corrected chi connectivity index (χ3v) is 2.75. The maximum Gasteiger partial charge on any atom is 0.311 e. The van der Waals surface area contributed by atoms with E-state index in [-0.39, 0.29) is 11.8 Å². The third kappa shape index (κ3) is 3.43. The van der Waals surface area contributed by atoms with Crippen LogP contribution < -0.4 is 10.1 Å². The van der Waals surface area contributed by atoms with Crippen molar-refractivity contribution in [1.82, 2.24) is 5.32 Å². The summed E-state index contributed by atoms with van der Waals surface area (Å²) in [5.41, 5.74) is 0.962. The number of ether oxygens (including phenoxy) is 1. The normalized spacial score (nSPS) is 14.8. The molecule has 1 N–H and O–H groups in total. The van der Waals surface area contributed by atoms with Gasteiger partial charge in [0.05, 0.1) is 11.0 Å². The third-order valence-electron chi connectivity index (χ3n) is 2.75. The fraction of sp³-hybridized carbons (Fsp3) is 0.538. The molecule has 0 amide bonds. The van der Waals surface area contributed by atoms with Crippen LogP contribution in [-0.4, -0.2) is 17.1 Å². The largest absolute Gasteiger partial charge is 0.484 e. The highest BCUT2D eigenvalue weighted by molar-refractivity contribution is 5.48. The monoisotopic (exact) mass is 250 g/mol. The number of hydrogen-bond donors (Lipinski definition) is 1. The summed E-state index contributed by atoms with van der Waals surface area (Å²) in [5.74, 6) is 0.338. The minimum Gasteiger partial charge on any atom is -0.484 e. The Morgan fingerprint density at radius 2 is 2.22 bits per heavy atom. The van der Waals surface area contributed by atoms with Gasteiger partial charge in [-0.15, -0.1) is 0 Å². The summed E-state index contributed by atoms with van der Waals surface area (Å²) < 4.78 is 5.44. The number of nitro benzene ring substituents is 1. The van der Waals surface area contributed by atoms with Crippen molar-refractivity contribution >= 4 is 5.69 Å². The van der Waals surface area contributed by atoms with Crippen LogP contribution in [0.1, 0.15) is 32.3 Å². The van der Waals surface area contributed by atoms with E-state index in [1.807, 2.05) is 19.9 Å². The highest BCUT2D eigenvalue weighted by atomic mass is 16.6. The Hall–Kier alpha value is -1.62. The lowest BCUT2D eigenvalue weighted by Gasteiger charge is -2.11. The minimum absolute atomic E-state index is 0.0406. The van der Waals surface area contributed by atoms with E-state index in [1.54, 1.807) is 12.1 Å². The van der Waals surface area contributed by atoms with Crippen molar-refractivity contribution in [2.24, 2.45) is 0 Å². The molecule has 0 radical (unpaired) electrons. The molecule has 0 atom stereocenters. The van der Waals surface area contributed by atoms with Gasteiger partial charge in [0.15, 0.2) is 5.75 Å². The van der Waals surface area contributed by atoms with Crippen LogP contribution >= 0.6 is 0 Å². The summed E-state index contributed by atoms with van der Waals surface area (Å²) in [6, 6.07) is 5.74. The summed E-state index contributed by atoms with van der Waals surface area (Å²) in [4.78, 5) is 10.6. The first-order chi connectivity index (χ1) is 8.56. The highest BCUT2D eigenvalue weighted by Crippen LogP contribution is 2.29. The van der Waals surface area contributed by atoms with Crippen LogP contribution in [0.25, 0.3) is 0 Å². The number of nitrogens with zero attached hydrogens (tertiary/aromatic N) is 1. The molecule has 0 aliphatic heterocycles. The average Bonchev–Trinajstić information content (AvgIpc) is 3.10. The SMILES string of the molecule is CC(C)Oc1ccc(CNC2CC2)cc1[N+](=O)[O-]. The number of nitro groups is 1. The molecule has 18 heavy (non-hydrogen) atoms. The Labute approximate surface area is 106 Å². The van der Waals surface area contributed by atoms with Gasteiger partial charge >= 0.3 is 5.69 Å². The van der Waals surface area contributed by atoms with Crippen molar-refractivity contribution in [3.05, 3.63) is 33.9 Å². The van der Waals surface area contributed by atoms with Crippen LogP contribution in [0.15, 0.2) is 18.2 Å². The lowest BCUT2D eigenvalue weighted by molar-refractivity contribution is -0.386. The summed E-state index contributed by atoms with van der Waals surface area (Å²) in [6.07, 6.45) is 2.34. The predicted octanol–water partition coefficient (Wildman–Crippen LogP) is 2.63. The Morgan fingerprint density at radius 3 is 2.78 bits per heavy atom. The van der Waals surface area contributed by atoms with E-state index in [0.29, 0.717) is 18.3 Å². The maximum atomic E-state index is 11.0. The van der Waals surface area contributed by atoms with Crippen LogP contribution in [0, 0.1) is 10.1 Å². The Bertz CT molecular complexity index is 442. The summed E-state index contributed by atoms with van der Waals surface area (Å²) in [5, 5.41) is 14.3. The fourth-order valence-corrected chi connectivity index (χ4v) is 1.72. The molecule has 1 aromatic rings. The summed E-state index contributed by atoms with van der Waals surface area (Å²) in [7, 11) is 0. The molecular formula is C13H18N2O3. The van der Waals surface area contributed by atoms with Crippen molar-refractivity contribution in [3.8, 4) is 5.75 Å². The zero-order valence-electron chi connectivity index (χ0n) is 10.7. The van der Waals surface area contributed by atoms with E-state index in [1.165, 1.54) is 12.8 Å². The molecule has 2 rings (SSSR count). The minimum atomic E-state index is -0.391. The van der Waals surface area contributed by atoms with Gasteiger partial charge in [0, 0.05) is 18.7 Å². The van der Waals surface area contributed by atoms with Crippen LogP contribution in [0.3, 0.4) is 0 Å². The number of benzene rings is 1. The van der Waals surface area contributed by atoms with Gasteiger partial charge in [-0.1, -0.05) is 6.07 Å². The molecule has 0 spiro atoms. The zero-order chi connectivity index (χ0) is 13.1. The van der Waals surface area contributed by atoms with E-state index in [2.05, 4.69) is 5.32 Å². The van der Waals surface area contributed by atoms with Gasteiger partial charge in [0.1, 0.15) is 0 Å². The lowest BCUT2D eigenvalue weighted by atomic mass is 10.2. The molecule has 0 aromatic heterocycles. The van der Waals surface area contributed by atoms with Crippen molar-refractivity contribution in [1.29, 1.82) is 0 Å². The molecule has 1 fully saturated rings. The molecule has 98 valence electrons. The van der Waals surface area contributed by atoms with Crippen molar-refractivity contribution < 1.29 is 9.66 Å². The van der Waals surface area contributed by atoms with Crippen LogP contribution in [0.5, 0.6) is 5.75 Å². The Kier molecular flexibility index (Phi) is 3.81. The van der Waals surface area contributed by atoms with Gasteiger partial charge < -0.3 is 10.1 Å². The Morgan fingerprint density at radius 1 is 1.50 bits per heavy atom. The molecule has 0 heterocycles. The first-order valence-electron chi connectivity index (χ1n) is 6.23. The molecular weight excluding hydrogens is 232 g/mol.